The molecule has 2 N–H and O–H groups in total. The lowest BCUT2D eigenvalue weighted by Gasteiger charge is -2.32. The first kappa shape index (κ1) is 20.8. The van der Waals surface area contributed by atoms with Crippen LogP contribution in [0.2, 0.25) is 0 Å². The van der Waals surface area contributed by atoms with Crippen LogP contribution in [-0.2, 0) is 11.2 Å². The summed E-state index contributed by atoms with van der Waals surface area (Å²) < 4.78 is 26.5. The van der Waals surface area contributed by atoms with Gasteiger partial charge in [0.05, 0.1) is 6.42 Å². The average molecular weight is 401 g/mol. The van der Waals surface area contributed by atoms with Gasteiger partial charge in [-0.2, -0.15) is 0 Å². The van der Waals surface area contributed by atoms with Crippen molar-refractivity contribution in [3.8, 4) is 0 Å². The molecule has 1 saturated heterocycles. The highest BCUT2D eigenvalue weighted by Gasteiger charge is 2.23. The van der Waals surface area contributed by atoms with Gasteiger partial charge in [-0.05, 0) is 42.9 Å². The molecule has 154 valence electrons. The summed E-state index contributed by atoms with van der Waals surface area (Å²) in [6.45, 7) is 1.77. The van der Waals surface area contributed by atoms with Crippen molar-refractivity contribution in [2.24, 2.45) is 5.92 Å². The molecule has 5 nitrogen and oxygen atoms in total. The number of likely N-dealkylation sites (tertiary alicyclic amines) is 1. The van der Waals surface area contributed by atoms with E-state index in [1.165, 1.54) is 0 Å². The summed E-state index contributed by atoms with van der Waals surface area (Å²) in [6.07, 6.45) is 2.91. The van der Waals surface area contributed by atoms with Crippen LogP contribution in [0.25, 0.3) is 0 Å². The average Bonchev–Trinajstić information content (AvgIpc) is 2.68. The largest absolute Gasteiger partial charge is 0.356 e. The second kappa shape index (κ2) is 10.0. The summed E-state index contributed by atoms with van der Waals surface area (Å²) in [6, 6.07) is 12.2. The maximum absolute atomic E-state index is 13.2. The van der Waals surface area contributed by atoms with Gasteiger partial charge in [-0.15, -0.1) is 0 Å². The van der Waals surface area contributed by atoms with Crippen molar-refractivity contribution in [3.63, 3.8) is 0 Å². The van der Waals surface area contributed by atoms with Gasteiger partial charge in [0.25, 0.3) is 0 Å². The molecule has 1 fully saturated rings. The lowest BCUT2D eigenvalue weighted by atomic mass is 9.93. The van der Waals surface area contributed by atoms with Crippen LogP contribution < -0.4 is 10.6 Å². The maximum atomic E-state index is 13.2. The van der Waals surface area contributed by atoms with E-state index in [0.29, 0.717) is 32.0 Å². The molecule has 3 amide bonds. The van der Waals surface area contributed by atoms with E-state index in [-0.39, 0.29) is 17.6 Å². The molecule has 7 heteroatoms. The Labute approximate surface area is 169 Å². The number of amides is 3. The molecule has 1 heterocycles. The van der Waals surface area contributed by atoms with Crippen LogP contribution in [-0.4, -0.2) is 36.5 Å². The first-order chi connectivity index (χ1) is 14.0. The van der Waals surface area contributed by atoms with E-state index < -0.39 is 11.6 Å². The first-order valence-corrected chi connectivity index (χ1v) is 9.82. The van der Waals surface area contributed by atoms with Gasteiger partial charge < -0.3 is 15.5 Å². The lowest BCUT2D eigenvalue weighted by molar-refractivity contribution is -0.120. The fraction of sp³-hybridized carbons (Fsp3) is 0.364. The number of hydrogen-bond acceptors (Lipinski definition) is 2. The van der Waals surface area contributed by atoms with Crippen LogP contribution in [0.1, 0.15) is 24.8 Å². The number of nitrogens with one attached hydrogen (secondary N) is 2. The van der Waals surface area contributed by atoms with Gasteiger partial charge in [-0.25, -0.2) is 13.6 Å². The van der Waals surface area contributed by atoms with Crippen LogP contribution in [0.4, 0.5) is 19.3 Å². The van der Waals surface area contributed by atoms with Crippen molar-refractivity contribution < 1.29 is 18.4 Å². The summed E-state index contributed by atoms with van der Waals surface area (Å²) >= 11 is 0. The number of benzene rings is 2. The van der Waals surface area contributed by atoms with Crippen molar-refractivity contribution >= 4 is 17.6 Å². The maximum Gasteiger partial charge on any atom is 0.321 e. The van der Waals surface area contributed by atoms with Crippen LogP contribution in [0.15, 0.2) is 48.5 Å². The number of nitrogens with zero attached hydrogens (tertiary/aromatic N) is 1. The van der Waals surface area contributed by atoms with Gasteiger partial charge >= 0.3 is 6.03 Å². The Morgan fingerprint density at radius 3 is 2.31 bits per heavy atom. The Bertz CT molecular complexity index is 817. The highest BCUT2D eigenvalue weighted by Crippen LogP contribution is 2.21. The molecular formula is C22H25F2N3O2. The predicted molar refractivity (Wildman–Crippen MR) is 107 cm³/mol. The van der Waals surface area contributed by atoms with Gasteiger partial charge in [0, 0.05) is 31.4 Å². The molecule has 29 heavy (non-hydrogen) atoms. The molecule has 0 aromatic heterocycles. The molecule has 3 rings (SSSR count). The van der Waals surface area contributed by atoms with E-state index in [1.54, 1.807) is 4.90 Å². The van der Waals surface area contributed by atoms with Crippen molar-refractivity contribution in [1.82, 2.24) is 10.2 Å². The number of urea groups is 1. The SMILES string of the molecule is O=C(Cc1ccccc1)NCCC1CCN(C(=O)Nc2cc(F)cc(F)c2)CC1. The zero-order valence-electron chi connectivity index (χ0n) is 16.2. The third kappa shape index (κ3) is 6.55. The highest BCUT2D eigenvalue weighted by molar-refractivity contribution is 5.89. The van der Waals surface area contributed by atoms with Crippen LogP contribution in [0, 0.1) is 17.6 Å². The number of carbonyl (C=O) groups is 2. The van der Waals surface area contributed by atoms with Gasteiger partial charge in [-0.1, -0.05) is 30.3 Å². The molecule has 1 aliphatic rings. The minimum absolute atomic E-state index is 0.00957. The quantitative estimate of drug-likeness (QED) is 0.770. The van der Waals surface area contributed by atoms with Gasteiger partial charge in [0.2, 0.25) is 5.91 Å². The van der Waals surface area contributed by atoms with E-state index in [1.807, 2.05) is 30.3 Å². The van der Waals surface area contributed by atoms with E-state index >= 15 is 0 Å². The van der Waals surface area contributed by atoms with Crippen molar-refractivity contribution in [2.45, 2.75) is 25.7 Å². The Kier molecular flexibility index (Phi) is 7.16. The number of halogens is 2. The molecule has 0 saturated carbocycles. The zero-order chi connectivity index (χ0) is 20.6. The monoisotopic (exact) mass is 401 g/mol. The summed E-state index contributed by atoms with van der Waals surface area (Å²) in [4.78, 5) is 25.9. The Hall–Kier alpha value is -2.96. The Morgan fingerprint density at radius 1 is 1.00 bits per heavy atom. The van der Waals surface area contributed by atoms with Crippen LogP contribution in [0.3, 0.4) is 0 Å². The fourth-order valence-corrected chi connectivity index (χ4v) is 3.51. The minimum atomic E-state index is -0.728. The predicted octanol–water partition coefficient (Wildman–Crippen LogP) is 3.96. The molecule has 0 radical (unpaired) electrons. The lowest BCUT2D eigenvalue weighted by Crippen LogP contribution is -2.41. The van der Waals surface area contributed by atoms with Crippen molar-refractivity contribution in [2.75, 3.05) is 25.0 Å². The smallest absolute Gasteiger partial charge is 0.321 e. The number of anilines is 1. The van der Waals surface area contributed by atoms with E-state index in [4.69, 9.17) is 0 Å². The van der Waals surface area contributed by atoms with E-state index in [0.717, 1.165) is 43.0 Å². The normalized spacial score (nSPS) is 14.5. The Balaban J connectivity index is 1.35. The van der Waals surface area contributed by atoms with Crippen LogP contribution >= 0.6 is 0 Å². The summed E-state index contributed by atoms with van der Waals surface area (Å²) in [7, 11) is 0. The second-order valence-corrected chi connectivity index (χ2v) is 7.32. The van der Waals surface area contributed by atoms with Crippen molar-refractivity contribution in [1.29, 1.82) is 0 Å². The zero-order valence-corrected chi connectivity index (χ0v) is 16.2. The third-order valence-electron chi connectivity index (χ3n) is 5.10. The molecular weight excluding hydrogens is 376 g/mol. The molecule has 0 spiro atoms. The molecule has 2 aromatic rings. The Morgan fingerprint density at radius 2 is 1.66 bits per heavy atom. The number of carbonyl (C=O) groups excluding carboxylic acids is 2. The standard InChI is InChI=1S/C22H25F2N3O2/c23-18-13-19(24)15-20(14-18)26-22(29)27-10-7-16(8-11-27)6-9-25-21(28)12-17-4-2-1-3-5-17/h1-5,13-16H,6-12H2,(H,25,28)(H,26,29). The highest BCUT2D eigenvalue weighted by atomic mass is 19.1. The topological polar surface area (TPSA) is 61.4 Å². The van der Waals surface area contributed by atoms with Gasteiger partial charge in [0.15, 0.2) is 0 Å². The summed E-state index contributed by atoms with van der Waals surface area (Å²) in [5.74, 6) is -1.01. The summed E-state index contributed by atoms with van der Waals surface area (Å²) in [5, 5.41) is 5.49. The van der Waals surface area contributed by atoms with E-state index in [2.05, 4.69) is 10.6 Å². The fourth-order valence-electron chi connectivity index (χ4n) is 3.51. The van der Waals surface area contributed by atoms with Gasteiger partial charge in [0.1, 0.15) is 11.6 Å². The molecule has 0 atom stereocenters. The molecule has 2 aromatic carbocycles. The second-order valence-electron chi connectivity index (χ2n) is 7.32. The minimum Gasteiger partial charge on any atom is -0.356 e. The summed E-state index contributed by atoms with van der Waals surface area (Å²) in [5.41, 5.74) is 1.10. The molecule has 1 aliphatic heterocycles. The molecule has 0 aliphatic carbocycles. The van der Waals surface area contributed by atoms with Crippen molar-refractivity contribution in [3.05, 3.63) is 65.7 Å². The third-order valence-corrected chi connectivity index (χ3v) is 5.10. The first-order valence-electron chi connectivity index (χ1n) is 9.82. The van der Waals surface area contributed by atoms with Crippen LogP contribution in [0.5, 0.6) is 0 Å². The van der Waals surface area contributed by atoms with E-state index in [9.17, 15) is 18.4 Å². The molecule has 0 unspecified atom stereocenters. The van der Waals surface area contributed by atoms with Gasteiger partial charge in [-0.3, -0.25) is 4.79 Å². The number of piperidine rings is 1. The number of hydrogen-bond donors (Lipinski definition) is 2. The molecule has 0 bridgehead atoms. The number of rotatable bonds is 6.